The summed E-state index contributed by atoms with van der Waals surface area (Å²) in [6.45, 7) is 1.39. The summed E-state index contributed by atoms with van der Waals surface area (Å²) in [4.78, 5) is 12.3. The molecule has 10 heteroatoms. The highest BCUT2D eigenvalue weighted by Gasteiger charge is 2.22. The van der Waals surface area contributed by atoms with E-state index in [-0.39, 0.29) is 15.5 Å². The van der Waals surface area contributed by atoms with Crippen LogP contribution in [0, 0.1) is 0 Å². The van der Waals surface area contributed by atoms with Crippen LogP contribution in [0.2, 0.25) is 0 Å². The van der Waals surface area contributed by atoms with Gasteiger partial charge in [0.1, 0.15) is 5.75 Å². The highest BCUT2D eigenvalue weighted by molar-refractivity contribution is 7.90. The standard InChI is InChI=1S/C17H20N2O6S2/c1-12(19-27(23,24)15-9-7-14(25-2)8-10-15)17(20)18-13-5-4-6-16(11-13)26(3,21)22/h4-12,19H,1-3H3,(H,18,20)/t12-/m0/s1. The lowest BCUT2D eigenvalue weighted by atomic mass is 10.3. The summed E-state index contributed by atoms with van der Waals surface area (Å²) >= 11 is 0. The summed E-state index contributed by atoms with van der Waals surface area (Å²) < 4.78 is 55.2. The second-order valence-corrected chi connectivity index (χ2v) is 9.54. The van der Waals surface area contributed by atoms with Gasteiger partial charge >= 0.3 is 0 Å². The molecular formula is C17H20N2O6S2. The van der Waals surface area contributed by atoms with Gasteiger partial charge in [-0.3, -0.25) is 4.79 Å². The predicted octanol–water partition coefficient (Wildman–Crippen LogP) is 1.40. The number of amides is 1. The fourth-order valence-corrected chi connectivity index (χ4v) is 4.03. The highest BCUT2D eigenvalue weighted by Crippen LogP contribution is 2.17. The van der Waals surface area contributed by atoms with Crippen molar-refractivity contribution < 1.29 is 26.4 Å². The Morgan fingerprint density at radius 1 is 1.00 bits per heavy atom. The third-order valence-corrected chi connectivity index (χ3v) is 6.29. The fraction of sp³-hybridized carbons (Fsp3) is 0.235. The minimum absolute atomic E-state index is 0.0120. The number of carbonyl (C=O) groups is 1. The van der Waals surface area contributed by atoms with Gasteiger partial charge in [-0.15, -0.1) is 0 Å². The van der Waals surface area contributed by atoms with E-state index in [2.05, 4.69) is 10.0 Å². The SMILES string of the molecule is COc1ccc(S(=O)(=O)N[C@@H](C)C(=O)Nc2cccc(S(C)(=O)=O)c2)cc1. The molecule has 0 radical (unpaired) electrons. The van der Waals surface area contributed by atoms with Gasteiger partial charge in [0.15, 0.2) is 9.84 Å². The van der Waals surface area contributed by atoms with Crippen molar-refractivity contribution in [1.29, 1.82) is 0 Å². The molecule has 0 aliphatic rings. The number of rotatable bonds is 7. The molecule has 0 unspecified atom stereocenters. The van der Waals surface area contributed by atoms with E-state index in [1.807, 2.05) is 0 Å². The van der Waals surface area contributed by atoms with Gasteiger partial charge in [0.2, 0.25) is 15.9 Å². The summed E-state index contributed by atoms with van der Waals surface area (Å²) in [7, 11) is -5.88. The van der Waals surface area contributed by atoms with Crippen LogP contribution in [0.1, 0.15) is 6.92 Å². The number of ether oxygens (including phenoxy) is 1. The Hall–Kier alpha value is -2.43. The molecule has 0 aliphatic carbocycles. The molecule has 2 N–H and O–H groups in total. The Kier molecular flexibility index (Phi) is 6.24. The highest BCUT2D eigenvalue weighted by atomic mass is 32.2. The van der Waals surface area contributed by atoms with E-state index in [1.165, 1.54) is 62.6 Å². The van der Waals surface area contributed by atoms with Crippen LogP contribution >= 0.6 is 0 Å². The van der Waals surface area contributed by atoms with E-state index in [0.717, 1.165) is 6.26 Å². The molecule has 2 aromatic rings. The van der Waals surface area contributed by atoms with Crippen molar-refractivity contribution in [2.75, 3.05) is 18.7 Å². The molecule has 0 spiro atoms. The van der Waals surface area contributed by atoms with Crippen LogP contribution in [0.25, 0.3) is 0 Å². The van der Waals surface area contributed by atoms with Gasteiger partial charge < -0.3 is 10.1 Å². The van der Waals surface area contributed by atoms with E-state index in [4.69, 9.17) is 4.74 Å². The van der Waals surface area contributed by atoms with E-state index >= 15 is 0 Å². The minimum atomic E-state index is -3.92. The summed E-state index contributed by atoms with van der Waals surface area (Å²) in [6.07, 6.45) is 1.06. The zero-order valence-corrected chi connectivity index (χ0v) is 16.6. The molecule has 2 rings (SSSR count). The molecule has 0 fully saturated rings. The molecule has 0 saturated carbocycles. The lowest BCUT2D eigenvalue weighted by Crippen LogP contribution is -2.41. The number of sulfonamides is 1. The normalized spacial score (nSPS) is 13.0. The molecule has 1 atom stereocenters. The maximum atomic E-state index is 12.4. The van der Waals surface area contributed by atoms with Crippen LogP contribution in [0.15, 0.2) is 58.3 Å². The summed E-state index contributed by atoms with van der Waals surface area (Å²) in [5, 5.41) is 2.50. The second-order valence-electron chi connectivity index (χ2n) is 5.81. The number of sulfone groups is 1. The van der Waals surface area contributed by atoms with Gasteiger partial charge in [0, 0.05) is 11.9 Å². The fourth-order valence-electron chi connectivity index (χ4n) is 2.16. The number of hydrogen-bond donors (Lipinski definition) is 2. The summed E-state index contributed by atoms with van der Waals surface area (Å²) in [6, 6.07) is 10.3. The molecule has 0 saturated heterocycles. The van der Waals surface area contributed by atoms with Crippen LogP contribution in [-0.4, -0.2) is 42.2 Å². The van der Waals surface area contributed by atoms with Crippen LogP contribution in [0.5, 0.6) is 5.75 Å². The molecule has 8 nitrogen and oxygen atoms in total. The summed E-state index contributed by atoms with van der Waals surface area (Å²) in [5.74, 6) is -0.122. The van der Waals surface area contributed by atoms with Gasteiger partial charge in [-0.25, -0.2) is 16.8 Å². The average Bonchev–Trinajstić information content (AvgIpc) is 2.61. The van der Waals surface area contributed by atoms with E-state index in [9.17, 15) is 21.6 Å². The molecule has 1 amide bonds. The van der Waals surface area contributed by atoms with E-state index in [0.29, 0.717) is 5.75 Å². The molecule has 0 heterocycles. The van der Waals surface area contributed by atoms with Gasteiger partial charge in [-0.1, -0.05) is 6.07 Å². The average molecular weight is 412 g/mol. The first-order chi connectivity index (χ1) is 12.5. The van der Waals surface area contributed by atoms with Crippen LogP contribution in [0.4, 0.5) is 5.69 Å². The van der Waals surface area contributed by atoms with Crippen LogP contribution in [0.3, 0.4) is 0 Å². The Morgan fingerprint density at radius 2 is 1.63 bits per heavy atom. The van der Waals surface area contributed by atoms with Crippen molar-refractivity contribution in [2.24, 2.45) is 0 Å². The second kappa shape index (κ2) is 8.07. The number of benzene rings is 2. The maximum absolute atomic E-state index is 12.4. The number of carbonyl (C=O) groups excluding carboxylic acids is 1. The molecule has 0 aliphatic heterocycles. The molecule has 0 bridgehead atoms. The lowest BCUT2D eigenvalue weighted by Gasteiger charge is -2.15. The van der Waals surface area contributed by atoms with Crippen molar-refractivity contribution in [3.8, 4) is 5.75 Å². The molecule has 27 heavy (non-hydrogen) atoms. The third kappa shape index (κ3) is 5.52. The third-order valence-electron chi connectivity index (χ3n) is 3.62. The van der Waals surface area contributed by atoms with E-state index < -0.39 is 31.8 Å². The van der Waals surface area contributed by atoms with Crippen molar-refractivity contribution >= 4 is 31.5 Å². The number of nitrogens with one attached hydrogen (secondary N) is 2. The van der Waals surface area contributed by atoms with Crippen LogP contribution in [-0.2, 0) is 24.7 Å². The maximum Gasteiger partial charge on any atom is 0.242 e. The van der Waals surface area contributed by atoms with Gasteiger partial charge in [-0.2, -0.15) is 4.72 Å². The van der Waals surface area contributed by atoms with Crippen LogP contribution < -0.4 is 14.8 Å². The van der Waals surface area contributed by atoms with Gasteiger partial charge in [0.25, 0.3) is 0 Å². The Labute approximate surface area is 158 Å². The quantitative estimate of drug-likeness (QED) is 0.710. The largest absolute Gasteiger partial charge is 0.497 e. The Bertz CT molecular complexity index is 1030. The first-order valence-corrected chi connectivity index (χ1v) is 11.2. The smallest absolute Gasteiger partial charge is 0.242 e. The molecular weight excluding hydrogens is 392 g/mol. The van der Waals surface area contributed by atoms with Crippen molar-refractivity contribution in [2.45, 2.75) is 22.8 Å². The van der Waals surface area contributed by atoms with Gasteiger partial charge in [-0.05, 0) is 49.4 Å². The Morgan fingerprint density at radius 3 is 2.19 bits per heavy atom. The minimum Gasteiger partial charge on any atom is -0.497 e. The van der Waals surface area contributed by atoms with Crippen molar-refractivity contribution in [3.05, 3.63) is 48.5 Å². The molecule has 2 aromatic carbocycles. The number of methoxy groups -OCH3 is 1. The summed E-state index contributed by atoms with van der Waals surface area (Å²) in [5.41, 5.74) is 0.249. The zero-order chi connectivity index (χ0) is 20.2. The zero-order valence-electron chi connectivity index (χ0n) is 15.0. The van der Waals surface area contributed by atoms with E-state index in [1.54, 1.807) is 0 Å². The first-order valence-electron chi connectivity index (χ1n) is 7.80. The van der Waals surface area contributed by atoms with Crippen molar-refractivity contribution in [3.63, 3.8) is 0 Å². The monoisotopic (exact) mass is 412 g/mol. The Balaban J connectivity index is 2.11. The number of hydrogen-bond acceptors (Lipinski definition) is 6. The molecule has 0 aromatic heterocycles. The topological polar surface area (TPSA) is 119 Å². The number of anilines is 1. The predicted molar refractivity (Wildman–Crippen MR) is 101 cm³/mol. The van der Waals surface area contributed by atoms with Gasteiger partial charge in [0.05, 0.1) is 22.9 Å². The van der Waals surface area contributed by atoms with Crippen molar-refractivity contribution in [1.82, 2.24) is 4.72 Å². The molecule has 146 valence electrons. The first kappa shape index (κ1) is 20.9. The lowest BCUT2D eigenvalue weighted by molar-refractivity contribution is -0.117.